The lowest BCUT2D eigenvalue weighted by Crippen LogP contribution is -2.35. The van der Waals surface area contributed by atoms with Crippen molar-refractivity contribution in [3.8, 4) is 0 Å². The third kappa shape index (κ3) is 2.21. The maximum absolute atomic E-state index is 11.4. The van der Waals surface area contributed by atoms with Gasteiger partial charge in [-0.05, 0) is 79.2 Å². The van der Waals surface area contributed by atoms with Crippen molar-refractivity contribution >= 4 is 11.7 Å². The van der Waals surface area contributed by atoms with E-state index in [2.05, 4.69) is 36.5 Å². The van der Waals surface area contributed by atoms with Crippen LogP contribution in [0.1, 0.15) is 58.3 Å². The average Bonchev–Trinajstić information content (AvgIpc) is 3.22. The molecular weight excluding hydrogens is 310 g/mol. The van der Waals surface area contributed by atoms with Crippen LogP contribution in [0.4, 0.5) is 5.69 Å². The monoisotopic (exact) mass is 333 g/mol. The minimum absolute atomic E-state index is 0.336. The first-order chi connectivity index (χ1) is 12.1. The second-order valence-corrected chi connectivity index (χ2v) is 8.08. The summed E-state index contributed by atoms with van der Waals surface area (Å²) in [6, 6.07) is 14.8. The van der Waals surface area contributed by atoms with Gasteiger partial charge >= 0.3 is 5.97 Å². The van der Waals surface area contributed by atoms with Crippen LogP contribution in [-0.4, -0.2) is 11.1 Å². The third-order valence-corrected chi connectivity index (χ3v) is 6.74. The van der Waals surface area contributed by atoms with Gasteiger partial charge in [0.05, 0.1) is 11.6 Å². The lowest BCUT2D eigenvalue weighted by atomic mass is 9.68. The fourth-order valence-corrected chi connectivity index (χ4v) is 5.81. The summed E-state index contributed by atoms with van der Waals surface area (Å²) in [7, 11) is 0. The first-order valence-corrected chi connectivity index (χ1v) is 9.32. The topological polar surface area (TPSA) is 49.3 Å². The van der Waals surface area contributed by atoms with Gasteiger partial charge in [0.2, 0.25) is 0 Å². The van der Waals surface area contributed by atoms with Crippen LogP contribution >= 0.6 is 0 Å². The largest absolute Gasteiger partial charge is 0.478 e. The van der Waals surface area contributed by atoms with Crippen LogP contribution in [0.25, 0.3) is 0 Å². The molecule has 2 N–H and O–H groups in total. The summed E-state index contributed by atoms with van der Waals surface area (Å²) in [6.07, 6.45) is 3.92. The first kappa shape index (κ1) is 15.0. The number of carboxylic acid groups (broad SMARTS) is 1. The van der Waals surface area contributed by atoms with Crippen LogP contribution in [0.2, 0.25) is 0 Å². The Kier molecular flexibility index (Phi) is 3.21. The molecule has 0 saturated heterocycles. The minimum atomic E-state index is -0.830. The van der Waals surface area contributed by atoms with E-state index in [1.54, 1.807) is 6.07 Å². The quantitative estimate of drug-likeness (QED) is 0.814. The zero-order chi connectivity index (χ0) is 17.1. The van der Waals surface area contributed by atoms with Crippen LogP contribution in [0.15, 0.2) is 42.5 Å². The Balaban J connectivity index is 1.64. The molecule has 2 aromatic carbocycles. The molecule has 25 heavy (non-hydrogen) atoms. The Morgan fingerprint density at radius 2 is 1.96 bits per heavy atom. The van der Waals surface area contributed by atoms with Gasteiger partial charge in [-0.15, -0.1) is 0 Å². The molecular formula is C22H23NO2. The Bertz CT molecular complexity index is 859. The average molecular weight is 333 g/mol. The molecule has 1 heterocycles. The van der Waals surface area contributed by atoms with Gasteiger partial charge in [0.25, 0.3) is 0 Å². The fraction of sp³-hybridized carbons (Fsp3) is 0.409. The van der Waals surface area contributed by atoms with E-state index in [0.717, 1.165) is 11.6 Å². The molecule has 3 heteroatoms. The first-order valence-electron chi connectivity index (χ1n) is 9.32. The number of benzene rings is 2. The summed E-state index contributed by atoms with van der Waals surface area (Å²) in [4.78, 5) is 11.4. The molecule has 0 aromatic heterocycles. The Labute approximate surface area is 148 Å². The molecule has 5 rings (SSSR count). The summed E-state index contributed by atoms with van der Waals surface area (Å²) >= 11 is 0. The number of aromatic carboxylic acids is 1. The molecule has 2 fully saturated rings. The highest BCUT2D eigenvalue weighted by molar-refractivity contribution is 5.88. The second-order valence-electron chi connectivity index (χ2n) is 8.08. The van der Waals surface area contributed by atoms with Crippen molar-refractivity contribution in [1.82, 2.24) is 0 Å². The normalized spacial score (nSPS) is 32.0. The number of hydrogen-bond acceptors (Lipinski definition) is 2. The van der Waals surface area contributed by atoms with E-state index in [0.29, 0.717) is 29.4 Å². The number of carboxylic acids is 1. The zero-order valence-corrected chi connectivity index (χ0v) is 14.4. The molecule has 1 aliphatic heterocycles. The summed E-state index contributed by atoms with van der Waals surface area (Å²) in [5.74, 6) is 1.72. The van der Waals surface area contributed by atoms with E-state index >= 15 is 0 Å². The molecule has 0 amide bonds. The van der Waals surface area contributed by atoms with Gasteiger partial charge in [-0.25, -0.2) is 4.79 Å². The van der Waals surface area contributed by atoms with Gasteiger partial charge in [0, 0.05) is 5.69 Å². The van der Waals surface area contributed by atoms with Crippen molar-refractivity contribution in [2.45, 2.75) is 38.1 Å². The molecule has 3 aliphatic rings. The SMILES string of the molecule is Cc1cccc([C@@H]2Nc3ccc(C(=O)O)cc3[C@H]3[C@H]4CC[C@@H](C4)[C@@H]32)c1. The molecule has 0 unspecified atom stereocenters. The lowest BCUT2D eigenvalue weighted by Gasteiger charge is -2.43. The summed E-state index contributed by atoms with van der Waals surface area (Å²) in [5.41, 5.74) is 5.45. The van der Waals surface area contributed by atoms with Crippen molar-refractivity contribution in [3.05, 3.63) is 64.7 Å². The Hall–Kier alpha value is -2.29. The molecule has 5 atom stereocenters. The van der Waals surface area contributed by atoms with Crippen LogP contribution in [-0.2, 0) is 0 Å². The van der Waals surface area contributed by atoms with Gasteiger partial charge < -0.3 is 10.4 Å². The van der Waals surface area contributed by atoms with Crippen molar-refractivity contribution in [1.29, 1.82) is 0 Å². The lowest BCUT2D eigenvalue weighted by molar-refractivity contribution is 0.0696. The van der Waals surface area contributed by atoms with Crippen LogP contribution in [0, 0.1) is 24.7 Å². The van der Waals surface area contributed by atoms with Gasteiger partial charge in [0.15, 0.2) is 0 Å². The van der Waals surface area contributed by atoms with Crippen molar-refractivity contribution in [3.63, 3.8) is 0 Å². The zero-order valence-electron chi connectivity index (χ0n) is 14.4. The van der Waals surface area contributed by atoms with E-state index < -0.39 is 5.97 Å². The summed E-state index contributed by atoms with van der Waals surface area (Å²) < 4.78 is 0. The van der Waals surface area contributed by atoms with E-state index in [4.69, 9.17) is 0 Å². The smallest absolute Gasteiger partial charge is 0.335 e. The fourth-order valence-electron chi connectivity index (χ4n) is 5.81. The van der Waals surface area contributed by atoms with Crippen molar-refractivity contribution in [2.75, 3.05) is 5.32 Å². The van der Waals surface area contributed by atoms with E-state index in [1.807, 2.05) is 12.1 Å². The molecule has 0 spiro atoms. The molecule has 2 aliphatic carbocycles. The van der Waals surface area contributed by atoms with Crippen LogP contribution in [0.3, 0.4) is 0 Å². The Morgan fingerprint density at radius 1 is 1.12 bits per heavy atom. The maximum Gasteiger partial charge on any atom is 0.335 e. The van der Waals surface area contributed by atoms with E-state index in [1.165, 1.54) is 36.0 Å². The minimum Gasteiger partial charge on any atom is -0.478 e. The highest BCUT2D eigenvalue weighted by Crippen LogP contribution is 2.63. The molecule has 3 nitrogen and oxygen atoms in total. The van der Waals surface area contributed by atoms with Gasteiger partial charge in [-0.2, -0.15) is 0 Å². The molecule has 0 radical (unpaired) electrons. The van der Waals surface area contributed by atoms with Gasteiger partial charge in [-0.1, -0.05) is 29.8 Å². The number of carbonyl (C=O) groups is 1. The standard InChI is InChI=1S/C22H23NO2/c1-12-3-2-4-15(9-12)21-20-14-6-5-13(10-14)19(20)17-11-16(22(24)25)7-8-18(17)23-21/h2-4,7-9,11,13-14,19-21,23H,5-6,10H2,1H3,(H,24,25)/t13-,14-,19+,20-,21-/m0/s1. The number of aryl methyl sites for hydroxylation is 1. The molecule has 128 valence electrons. The number of hydrogen-bond donors (Lipinski definition) is 2. The number of anilines is 1. The van der Waals surface area contributed by atoms with E-state index in [9.17, 15) is 9.90 Å². The van der Waals surface area contributed by atoms with Crippen LogP contribution < -0.4 is 5.32 Å². The Morgan fingerprint density at radius 3 is 2.76 bits per heavy atom. The molecule has 2 aromatic rings. The predicted octanol–water partition coefficient (Wildman–Crippen LogP) is 4.99. The highest BCUT2D eigenvalue weighted by atomic mass is 16.4. The predicted molar refractivity (Wildman–Crippen MR) is 98.0 cm³/mol. The molecule has 2 bridgehead atoms. The number of fused-ring (bicyclic) bond motifs is 7. The third-order valence-electron chi connectivity index (χ3n) is 6.74. The summed E-state index contributed by atoms with van der Waals surface area (Å²) in [5, 5.41) is 13.2. The number of nitrogens with one attached hydrogen (secondary N) is 1. The highest BCUT2D eigenvalue weighted by Gasteiger charge is 2.53. The maximum atomic E-state index is 11.4. The van der Waals surface area contributed by atoms with Crippen LogP contribution in [0.5, 0.6) is 0 Å². The van der Waals surface area contributed by atoms with E-state index in [-0.39, 0.29) is 0 Å². The number of rotatable bonds is 2. The molecule has 2 saturated carbocycles. The summed E-state index contributed by atoms with van der Waals surface area (Å²) in [6.45, 7) is 2.15. The van der Waals surface area contributed by atoms with Crippen molar-refractivity contribution < 1.29 is 9.90 Å². The van der Waals surface area contributed by atoms with Crippen molar-refractivity contribution in [2.24, 2.45) is 17.8 Å². The van der Waals surface area contributed by atoms with Gasteiger partial charge in [0.1, 0.15) is 0 Å². The second kappa shape index (κ2) is 5.35. The van der Waals surface area contributed by atoms with Gasteiger partial charge in [-0.3, -0.25) is 0 Å².